The highest BCUT2D eigenvalue weighted by Gasteiger charge is 2.31. The van der Waals surface area contributed by atoms with Gasteiger partial charge >= 0.3 is 43.5 Å². The molecular formula is C47H54Cl2F3N14O18PS3. The average molecular weight is 1360 g/mol. The zero-order valence-corrected chi connectivity index (χ0v) is 51.3. The van der Waals surface area contributed by atoms with Crippen molar-refractivity contribution in [3.63, 3.8) is 0 Å². The zero-order valence-electron chi connectivity index (χ0n) is 46.5. The van der Waals surface area contributed by atoms with Gasteiger partial charge in [0.15, 0.2) is 14.9 Å². The second-order valence-electron chi connectivity index (χ2n) is 17.1. The molecule has 4 amide bonds. The second-order valence-corrected chi connectivity index (χ2v) is 25.1. The normalized spacial score (nSPS) is 12.1. The van der Waals surface area contributed by atoms with Gasteiger partial charge in [-0.1, -0.05) is 54.2 Å². The van der Waals surface area contributed by atoms with Crippen LogP contribution in [0.25, 0.3) is 5.69 Å². The highest BCUT2D eigenvalue weighted by atomic mass is 35.5. The number of ether oxygens (including phenoxy) is 4. The van der Waals surface area contributed by atoms with Gasteiger partial charge in [-0.25, -0.2) is 45.6 Å². The van der Waals surface area contributed by atoms with Crippen molar-refractivity contribution >= 4 is 90.6 Å². The molecule has 0 spiro atoms. The highest BCUT2D eigenvalue weighted by Crippen LogP contribution is 2.34. The number of halogens is 5. The summed E-state index contributed by atoms with van der Waals surface area (Å²) in [7, 11) is -13.1. The van der Waals surface area contributed by atoms with Gasteiger partial charge in [0.2, 0.25) is 23.7 Å². The van der Waals surface area contributed by atoms with Crippen molar-refractivity contribution in [2.24, 2.45) is 0 Å². The van der Waals surface area contributed by atoms with E-state index in [0.29, 0.717) is 28.0 Å². The van der Waals surface area contributed by atoms with Gasteiger partial charge < -0.3 is 33.8 Å². The molecule has 0 unspecified atom stereocenters. The number of carbonyl (C=O) groups excluding carboxylic acids is 2. The van der Waals surface area contributed by atoms with Gasteiger partial charge in [0.25, 0.3) is 20.0 Å². The number of alkyl halides is 3. The number of rotatable bonds is 20. The Morgan fingerprint density at radius 3 is 2.01 bits per heavy atom. The van der Waals surface area contributed by atoms with E-state index in [-0.39, 0.29) is 59.1 Å². The molecule has 4 aromatic heterocycles. The average Bonchev–Trinajstić information content (AvgIpc) is 2.25. The molecule has 32 nitrogen and oxygen atoms in total. The van der Waals surface area contributed by atoms with Gasteiger partial charge in [-0.15, -0.1) is 11.5 Å². The summed E-state index contributed by atoms with van der Waals surface area (Å²) >= 11 is 12.3. The number of nitrogens with one attached hydrogen (secondary N) is 5. The van der Waals surface area contributed by atoms with Crippen LogP contribution in [0.3, 0.4) is 0 Å². The number of terminal acetylenes is 1. The van der Waals surface area contributed by atoms with E-state index in [0.717, 1.165) is 43.4 Å². The van der Waals surface area contributed by atoms with Crippen molar-refractivity contribution in [3.05, 3.63) is 98.5 Å². The number of methoxy groups -OCH3 is 3. The molecule has 6 aromatic rings. The fourth-order valence-electron chi connectivity index (χ4n) is 6.87. The Hall–Kier alpha value is -8.28. The predicted molar refractivity (Wildman–Crippen MR) is 305 cm³/mol. The largest absolute Gasteiger partial charge is 0.481 e. The Bertz CT molecular complexity index is 3970. The first-order chi connectivity index (χ1) is 41.2. The Labute approximate surface area is 509 Å². The predicted octanol–water partition coefficient (Wildman–Crippen LogP) is 3.87. The molecule has 0 bridgehead atoms. The number of urea groups is 2. The molecule has 1 aliphatic rings. The number of carbonyl (C=O) groups is 3. The molecule has 0 saturated heterocycles. The Balaban J connectivity index is 0.000000263. The van der Waals surface area contributed by atoms with Crippen molar-refractivity contribution in [2.75, 3.05) is 57.2 Å². The Kier molecular flexibility index (Phi) is 26.3. The van der Waals surface area contributed by atoms with Crippen molar-refractivity contribution in [3.8, 4) is 41.6 Å². The van der Waals surface area contributed by atoms with E-state index in [1.165, 1.54) is 76.3 Å². The zero-order chi connectivity index (χ0) is 65.8. The molecule has 2 aromatic carbocycles. The maximum atomic E-state index is 12.5. The molecule has 0 radical (unpaired) electrons. The third-order valence-electron chi connectivity index (χ3n) is 10.7. The number of amides is 4. The molecule has 88 heavy (non-hydrogen) atoms. The van der Waals surface area contributed by atoms with Crippen LogP contribution in [0.4, 0.5) is 34.7 Å². The number of carboxylic acids is 1. The van der Waals surface area contributed by atoms with Crippen LogP contribution in [0, 0.1) is 19.3 Å². The SMILES string of the molecule is C#CCOc1cc(-n2nc3n(c2=O)CCCC3)c(Cl)cc1Cl.CCS(=O)(=O)c1cccnc1S(=O)(=O)NC(=O)Nc1nc(OC)cc(OC)n1.COc1nc(C)nc(NC(=O)NS(=O)(=O)c2ccccc2CCC(F)(F)F)n1.O=C(O)CNCP(=O)(O)O. The third-order valence-corrected chi connectivity index (χ3v) is 16.5. The maximum Gasteiger partial charge on any atom is 0.389 e. The van der Waals surface area contributed by atoms with Crippen LogP contribution in [0.15, 0.2) is 80.4 Å². The molecule has 8 N–H and O–H groups in total. The molecule has 0 saturated carbocycles. The summed E-state index contributed by atoms with van der Waals surface area (Å²) in [4.78, 5) is 84.4. The topological polar surface area (TPSA) is 446 Å². The molecule has 1 aliphatic heterocycles. The van der Waals surface area contributed by atoms with Gasteiger partial charge in [0.1, 0.15) is 28.9 Å². The minimum Gasteiger partial charge on any atom is -0.481 e. The number of pyridine rings is 1. The highest BCUT2D eigenvalue weighted by molar-refractivity contribution is 7.93. The molecular weight excluding hydrogens is 1300 g/mol. The number of carboxylic acid groups (broad SMARTS) is 1. The van der Waals surface area contributed by atoms with Crippen LogP contribution < -0.4 is 50.0 Å². The van der Waals surface area contributed by atoms with Crippen molar-refractivity contribution in [1.82, 2.24) is 59.0 Å². The summed E-state index contributed by atoms with van der Waals surface area (Å²) in [5.74, 6) is 1.79. The molecule has 0 aliphatic carbocycles. The van der Waals surface area contributed by atoms with Gasteiger partial charge in [-0.05, 0) is 56.0 Å². The molecule has 0 atom stereocenters. The first kappa shape index (κ1) is 72.2. The van der Waals surface area contributed by atoms with E-state index >= 15 is 0 Å². The number of hydrogen-bond donors (Lipinski definition) is 8. The lowest BCUT2D eigenvalue weighted by Gasteiger charge is -2.13. The number of sulfone groups is 1. The summed E-state index contributed by atoms with van der Waals surface area (Å²) in [5.41, 5.74) is 0.157. The van der Waals surface area contributed by atoms with Crippen LogP contribution in [0.2, 0.25) is 10.0 Å². The lowest BCUT2D eigenvalue weighted by molar-refractivity contribution is -0.136. The maximum absolute atomic E-state index is 12.5. The van der Waals surface area contributed by atoms with Gasteiger partial charge in [0, 0.05) is 31.6 Å². The number of sulfonamides is 2. The number of aromatic nitrogens is 9. The fourth-order valence-corrected chi connectivity index (χ4v) is 11.5. The number of fused-ring (bicyclic) bond motifs is 1. The van der Waals surface area contributed by atoms with Gasteiger partial charge in [0.05, 0.1) is 66.6 Å². The van der Waals surface area contributed by atoms with Crippen LogP contribution in [-0.2, 0) is 58.6 Å². The molecule has 41 heteroatoms. The smallest absolute Gasteiger partial charge is 0.389 e. The number of hydrogen-bond acceptors (Lipinski definition) is 23. The number of anilines is 2. The van der Waals surface area contributed by atoms with E-state index in [2.05, 4.69) is 56.9 Å². The lowest BCUT2D eigenvalue weighted by atomic mass is 10.1. The van der Waals surface area contributed by atoms with E-state index in [4.69, 9.17) is 63.5 Å². The number of benzene rings is 2. The van der Waals surface area contributed by atoms with E-state index < -0.39 is 102 Å². The minimum atomic E-state index is -4.61. The lowest BCUT2D eigenvalue weighted by Crippen LogP contribution is -2.36. The monoisotopic (exact) mass is 1360 g/mol. The van der Waals surface area contributed by atoms with Crippen LogP contribution in [0.1, 0.15) is 43.4 Å². The first-order valence-corrected chi connectivity index (χ1v) is 31.8. The number of aryl methyl sites for hydroxylation is 3. The van der Waals surface area contributed by atoms with Gasteiger partial charge in [-0.3, -0.25) is 29.9 Å². The van der Waals surface area contributed by atoms with E-state index in [1.54, 1.807) is 20.1 Å². The summed E-state index contributed by atoms with van der Waals surface area (Å²) in [6.07, 6.45) is 2.27. The standard InChI is InChI=1S/C15H13Cl2N3O2.C15H16F3N5O4S.C14H17N5O7S2.C3H8NO5P/c1-2-7-22-13-9-12(10(16)8-11(13)17)20-15(21)19-6-4-3-5-14(19)18-20;1-9-19-12(22-14(20-9)27-2)21-13(24)23-28(25,26)11-6-4-3-5-10(11)7-8-15(16,17)18;1-4-27(21,22)9-6-5-7-15-12(9)28(23,24)19-14(20)18-13-16-10(25-2)8-11(17-13)26-3;5-3(6)1-4-2-10(7,8)9/h1,8-9H,3-7H2;3-6H,7-8H2,1-2H3,(H2,19,20,21,22,23,24);5-8H,4H2,1-3H3,(H2,16,17,18,19,20);4H,1-2H2,(H,5,6)(H2,7,8,9). The van der Waals surface area contributed by atoms with Crippen molar-refractivity contribution < 1.29 is 91.2 Å². The van der Waals surface area contributed by atoms with Crippen LogP contribution in [-0.4, -0.2) is 155 Å². The Morgan fingerprint density at radius 1 is 0.830 bits per heavy atom. The van der Waals surface area contributed by atoms with Crippen molar-refractivity contribution in [1.29, 1.82) is 0 Å². The van der Waals surface area contributed by atoms with Crippen LogP contribution in [0.5, 0.6) is 23.5 Å². The molecule has 7 rings (SSSR count). The molecule has 5 heterocycles. The minimum absolute atomic E-state index is 0.0612. The second kappa shape index (κ2) is 32.1. The van der Waals surface area contributed by atoms with Crippen molar-refractivity contribution in [2.45, 2.75) is 73.5 Å². The quantitative estimate of drug-likeness (QED) is 0.0397. The summed E-state index contributed by atoms with van der Waals surface area (Å²) in [5, 5.41) is 18.5. The van der Waals surface area contributed by atoms with Gasteiger partial charge in [-0.2, -0.15) is 51.2 Å². The van der Waals surface area contributed by atoms with E-state index in [9.17, 15) is 62.2 Å². The molecule has 478 valence electrons. The van der Waals surface area contributed by atoms with E-state index in [1.807, 2.05) is 0 Å². The Morgan fingerprint density at radius 2 is 1.44 bits per heavy atom. The fraction of sp³-hybridized carbons (Fsp3) is 0.340. The van der Waals surface area contributed by atoms with Crippen LogP contribution >= 0.6 is 30.8 Å². The number of nitrogens with zero attached hydrogens (tertiary/aromatic N) is 9. The first-order valence-electron chi connectivity index (χ1n) is 24.6. The number of aliphatic carboxylic acids is 1. The summed E-state index contributed by atoms with van der Waals surface area (Å²) in [6, 6.07) is 9.39. The summed E-state index contributed by atoms with van der Waals surface area (Å²) < 4.78 is 148. The molecule has 0 fully saturated rings. The summed E-state index contributed by atoms with van der Waals surface area (Å²) in [6.45, 7) is 3.17. The third kappa shape index (κ3) is 22.5.